The molecule has 0 atom stereocenters. The highest BCUT2D eigenvalue weighted by molar-refractivity contribution is 6.04. The Morgan fingerprint density at radius 3 is 2.26 bits per heavy atom. The molecule has 0 aliphatic rings. The van der Waals surface area contributed by atoms with Crippen LogP contribution in [-0.4, -0.2) is 20.1 Å². The second kappa shape index (κ2) is 6.73. The molecule has 1 N–H and O–H groups in total. The highest BCUT2D eigenvalue weighted by atomic mass is 16.5. The summed E-state index contributed by atoms with van der Waals surface area (Å²) < 4.78 is 10.4. The summed E-state index contributed by atoms with van der Waals surface area (Å²) in [5.74, 6) is 0.944. The van der Waals surface area contributed by atoms with Gasteiger partial charge in [0.05, 0.1) is 14.2 Å². The molecular formula is C19H23NO3. The molecule has 122 valence electrons. The second-order valence-electron chi connectivity index (χ2n) is 6.35. The normalized spacial score (nSPS) is 11.0. The fourth-order valence-corrected chi connectivity index (χ4v) is 2.24. The third-order valence-corrected chi connectivity index (χ3v) is 3.63. The van der Waals surface area contributed by atoms with Crippen LogP contribution >= 0.6 is 0 Å². The first-order chi connectivity index (χ1) is 10.8. The van der Waals surface area contributed by atoms with E-state index in [9.17, 15) is 4.79 Å². The van der Waals surface area contributed by atoms with Crippen molar-refractivity contribution in [3.8, 4) is 11.5 Å². The number of anilines is 1. The van der Waals surface area contributed by atoms with E-state index in [0.717, 1.165) is 5.69 Å². The van der Waals surface area contributed by atoms with Gasteiger partial charge in [0.25, 0.3) is 5.91 Å². The summed E-state index contributed by atoms with van der Waals surface area (Å²) >= 11 is 0. The fourth-order valence-electron chi connectivity index (χ4n) is 2.24. The zero-order valence-corrected chi connectivity index (χ0v) is 14.3. The molecular weight excluding hydrogens is 290 g/mol. The van der Waals surface area contributed by atoms with E-state index in [1.165, 1.54) is 5.56 Å². The van der Waals surface area contributed by atoms with Gasteiger partial charge in [0.1, 0.15) is 0 Å². The zero-order valence-electron chi connectivity index (χ0n) is 14.3. The van der Waals surface area contributed by atoms with Gasteiger partial charge in [-0.15, -0.1) is 0 Å². The number of rotatable bonds is 4. The van der Waals surface area contributed by atoms with Gasteiger partial charge in [0, 0.05) is 11.3 Å². The smallest absolute Gasteiger partial charge is 0.255 e. The summed E-state index contributed by atoms with van der Waals surface area (Å²) in [5.41, 5.74) is 2.49. The van der Waals surface area contributed by atoms with Crippen molar-refractivity contribution in [1.29, 1.82) is 0 Å². The van der Waals surface area contributed by atoms with E-state index >= 15 is 0 Å². The summed E-state index contributed by atoms with van der Waals surface area (Å²) in [7, 11) is 3.11. The number of ether oxygens (including phenoxy) is 2. The van der Waals surface area contributed by atoms with Crippen LogP contribution in [0.2, 0.25) is 0 Å². The van der Waals surface area contributed by atoms with E-state index < -0.39 is 0 Å². The third kappa shape index (κ3) is 4.03. The molecule has 0 unspecified atom stereocenters. The van der Waals surface area contributed by atoms with Gasteiger partial charge in [-0.05, 0) is 41.3 Å². The van der Waals surface area contributed by atoms with Crippen LogP contribution in [0, 0.1) is 0 Å². The zero-order chi connectivity index (χ0) is 17.0. The standard InChI is InChI=1S/C19H23NO3/c1-19(2,3)14-7-6-8-15(12-14)20-18(21)13-9-10-16(22-4)17(11-13)23-5/h6-12H,1-5H3,(H,20,21). The Hall–Kier alpha value is -2.49. The molecule has 0 radical (unpaired) electrons. The van der Waals surface area contributed by atoms with Gasteiger partial charge < -0.3 is 14.8 Å². The third-order valence-electron chi connectivity index (χ3n) is 3.63. The molecule has 2 rings (SSSR count). The molecule has 2 aromatic rings. The summed E-state index contributed by atoms with van der Waals surface area (Å²) in [6.07, 6.45) is 0. The highest BCUT2D eigenvalue weighted by Gasteiger charge is 2.15. The van der Waals surface area contributed by atoms with E-state index in [4.69, 9.17) is 9.47 Å². The molecule has 4 heteroatoms. The van der Waals surface area contributed by atoms with Crippen LogP contribution in [0.4, 0.5) is 5.69 Å². The van der Waals surface area contributed by atoms with Crippen LogP contribution in [0.25, 0.3) is 0 Å². The predicted octanol–water partition coefficient (Wildman–Crippen LogP) is 4.25. The Balaban J connectivity index is 2.22. The molecule has 0 fully saturated rings. The molecule has 4 nitrogen and oxygen atoms in total. The van der Waals surface area contributed by atoms with Gasteiger partial charge in [-0.25, -0.2) is 0 Å². The van der Waals surface area contributed by atoms with E-state index in [1.807, 2.05) is 18.2 Å². The van der Waals surface area contributed by atoms with Crippen molar-refractivity contribution >= 4 is 11.6 Å². The number of methoxy groups -OCH3 is 2. The fraction of sp³-hybridized carbons (Fsp3) is 0.316. The number of hydrogen-bond donors (Lipinski definition) is 1. The van der Waals surface area contributed by atoms with Crippen LogP contribution in [0.15, 0.2) is 42.5 Å². The maximum absolute atomic E-state index is 12.4. The minimum atomic E-state index is -0.183. The average Bonchev–Trinajstić information content (AvgIpc) is 2.53. The van der Waals surface area contributed by atoms with Crippen LogP contribution < -0.4 is 14.8 Å². The molecule has 0 aliphatic carbocycles. The number of nitrogens with one attached hydrogen (secondary N) is 1. The maximum atomic E-state index is 12.4. The largest absolute Gasteiger partial charge is 0.493 e. The molecule has 1 amide bonds. The number of hydrogen-bond acceptors (Lipinski definition) is 3. The van der Waals surface area contributed by atoms with Gasteiger partial charge in [-0.1, -0.05) is 32.9 Å². The van der Waals surface area contributed by atoms with Crippen molar-refractivity contribution in [3.63, 3.8) is 0 Å². The highest BCUT2D eigenvalue weighted by Crippen LogP contribution is 2.28. The van der Waals surface area contributed by atoms with Crippen molar-refractivity contribution < 1.29 is 14.3 Å². The van der Waals surface area contributed by atoms with Gasteiger partial charge in [0.2, 0.25) is 0 Å². The monoisotopic (exact) mass is 313 g/mol. The lowest BCUT2D eigenvalue weighted by Gasteiger charge is -2.20. The molecule has 2 aromatic carbocycles. The van der Waals surface area contributed by atoms with E-state index in [1.54, 1.807) is 32.4 Å². The van der Waals surface area contributed by atoms with Crippen molar-refractivity contribution in [2.24, 2.45) is 0 Å². The Labute approximate surface area is 137 Å². The van der Waals surface area contributed by atoms with Crippen LogP contribution in [0.1, 0.15) is 36.7 Å². The average molecular weight is 313 g/mol. The minimum absolute atomic E-state index is 0.0318. The van der Waals surface area contributed by atoms with Crippen LogP contribution in [0.3, 0.4) is 0 Å². The number of benzene rings is 2. The molecule has 0 saturated carbocycles. The second-order valence-corrected chi connectivity index (χ2v) is 6.35. The first kappa shape index (κ1) is 16.9. The first-order valence-electron chi connectivity index (χ1n) is 7.49. The Morgan fingerprint density at radius 1 is 0.957 bits per heavy atom. The van der Waals surface area contributed by atoms with Crippen molar-refractivity contribution in [2.75, 3.05) is 19.5 Å². The Bertz CT molecular complexity index is 702. The van der Waals surface area contributed by atoms with Crippen LogP contribution in [0.5, 0.6) is 11.5 Å². The van der Waals surface area contributed by atoms with Crippen molar-refractivity contribution in [1.82, 2.24) is 0 Å². The summed E-state index contributed by atoms with van der Waals surface area (Å²) in [6, 6.07) is 13.0. The maximum Gasteiger partial charge on any atom is 0.255 e. The topological polar surface area (TPSA) is 47.6 Å². The number of carbonyl (C=O) groups is 1. The molecule has 0 aliphatic heterocycles. The van der Waals surface area contributed by atoms with Crippen molar-refractivity contribution in [2.45, 2.75) is 26.2 Å². The molecule has 0 aromatic heterocycles. The Kier molecular flexibility index (Phi) is 4.94. The summed E-state index contributed by atoms with van der Waals surface area (Å²) in [5, 5.41) is 2.92. The molecule has 0 spiro atoms. The molecule has 0 bridgehead atoms. The van der Waals surface area contributed by atoms with Crippen LogP contribution in [-0.2, 0) is 5.41 Å². The van der Waals surface area contributed by atoms with Gasteiger partial charge in [0.15, 0.2) is 11.5 Å². The van der Waals surface area contributed by atoms with E-state index in [2.05, 4.69) is 32.2 Å². The summed E-state index contributed by atoms with van der Waals surface area (Å²) in [6.45, 7) is 6.42. The van der Waals surface area contributed by atoms with E-state index in [-0.39, 0.29) is 11.3 Å². The van der Waals surface area contributed by atoms with Gasteiger partial charge in [-0.2, -0.15) is 0 Å². The lowest BCUT2D eigenvalue weighted by Crippen LogP contribution is -2.14. The molecule has 0 heterocycles. The lowest BCUT2D eigenvalue weighted by atomic mass is 9.87. The molecule has 23 heavy (non-hydrogen) atoms. The summed E-state index contributed by atoms with van der Waals surface area (Å²) in [4.78, 5) is 12.4. The van der Waals surface area contributed by atoms with E-state index in [0.29, 0.717) is 17.1 Å². The lowest BCUT2D eigenvalue weighted by molar-refractivity contribution is 0.102. The number of amides is 1. The van der Waals surface area contributed by atoms with Gasteiger partial charge >= 0.3 is 0 Å². The minimum Gasteiger partial charge on any atom is -0.493 e. The number of carbonyl (C=O) groups excluding carboxylic acids is 1. The van der Waals surface area contributed by atoms with Crippen molar-refractivity contribution in [3.05, 3.63) is 53.6 Å². The quantitative estimate of drug-likeness (QED) is 0.917. The van der Waals surface area contributed by atoms with Gasteiger partial charge in [-0.3, -0.25) is 4.79 Å². The SMILES string of the molecule is COc1ccc(C(=O)Nc2cccc(C(C)(C)C)c2)cc1OC. The predicted molar refractivity (Wildman–Crippen MR) is 92.6 cm³/mol. The molecule has 0 saturated heterocycles. The Morgan fingerprint density at radius 2 is 1.65 bits per heavy atom. The first-order valence-corrected chi connectivity index (χ1v) is 7.49.